The van der Waals surface area contributed by atoms with Crippen molar-refractivity contribution in [1.29, 1.82) is 0 Å². The first-order valence-corrected chi connectivity index (χ1v) is 8.37. The maximum absolute atomic E-state index is 6.02. The second-order valence-corrected chi connectivity index (χ2v) is 6.11. The highest BCUT2D eigenvalue weighted by molar-refractivity contribution is 6.30. The Labute approximate surface area is 138 Å². The lowest BCUT2D eigenvalue weighted by molar-refractivity contribution is 0.157. The molecule has 1 saturated heterocycles. The van der Waals surface area contributed by atoms with Gasteiger partial charge in [0.2, 0.25) is 0 Å². The van der Waals surface area contributed by atoms with Crippen LogP contribution in [-0.4, -0.2) is 50.8 Å². The highest BCUT2D eigenvalue weighted by atomic mass is 35.5. The molecule has 0 bridgehead atoms. The summed E-state index contributed by atoms with van der Waals surface area (Å²) in [7, 11) is 1.77. The van der Waals surface area contributed by atoms with Crippen LogP contribution in [0.5, 0.6) is 0 Å². The lowest BCUT2D eigenvalue weighted by Crippen LogP contribution is -2.40. The molecule has 1 N–H and O–H groups in total. The maximum Gasteiger partial charge on any atom is 0.193 e. The number of hydrogen-bond donors (Lipinski definition) is 1. The van der Waals surface area contributed by atoms with E-state index in [2.05, 4.69) is 23.2 Å². The molecule has 0 saturated carbocycles. The molecule has 0 amide bonds. The molecule has 0 aromatic heterocycles. The molecule has 2 rings (SSSR count). The van der Waals surface area contributed by atoms with Crippen LogP contribution in [0.15, 0.2) is 29.3 Å². The molecule has 22 heavy (non-hydrogen) atoms. The zero-order valence-electron chi connectivity index (χ0n) is 13.5. The zero-order chi connectivity index (χ0) is 15.8. The molecular formula is C17H26ClN3O. The molecule has 1 aliphatic heterocycles. The predicted octanol–water partition coefficient (Wildman–Crippen LogP) is 2.82. The van der Waals surface area contributed by atoms with Crippen LogP contribution in [0.2, 0.25) is 5.02 Å². The van der Waals surface area contributed by atoms with Crippen molar-refractivity contribution in [2.75, 3.05) is 39.9 Å². The summed E-state index contributed by atoms with van der Waals surface area (Å²) in [6.07, 6.45) is 2.08. The van der Waals surface area contributed by atoms with Crippen molar-refractivity contribution in [1.82, 2.24) is 10.2 Å². The van der Waals surface area contributed by atoms with E-state index in [0.29, 0.717) is 5.92 Å². The summed E-state index contributed by atoms with van der Waals surface area (Å²) >= 11 is 6.02. The third kappa shape index (κ3) is 5.18. The number of rotatable bonds is 6. The fourth-order valence-corrected chi connectivity index (χ4v) is 3.02. The first kappa shape index (κ1) is 17.1. The number of aliphatic imine (C=N–C) groups is 1. The van der Waals surface area contributed by atoms with E-state index in [9.17, 15) is 0 Å². The monoisotopic (exact) mass is 323 g/mol. The smallest absolute Gasteiger partial charge is 0.193 e. The van der Waals surface area contributed by atoms with Gasteiger partial charge in [-0.25, -0.2) is 0 Å². The van der Waals surface area contributed by atoms with Crippen molar-refractivity contribution in [2.45, 2.75) is 19.8 Å². The first-order chi connectivity index (χ1) is 10.7. The van der Waals surface area contributed by atoms with Crippen LogP contribution in [-0.2, 0) is 11.2 Å². The summed E-state index contributed by atoms with van der Waals surface area (Å²) in [5.74, 6) is 1.63. The van der Waals surface area contributed by atoms with E-state index in [1.54, 1.807) is 7.11 Å². The van der Waals surface area contributed by atoms with Crippen LogP contribution in [0.25, 0.3) is 0 Å². The fourth-order valence-electron chi connectivity index (χ4n) is 2.81. The van der Waals surface area contributed by atoms with E-state index >= 15 is 0 Å². The van der Waals surface area contributed by atoms with Gasteiger partial charge in [0.05, 0.1) is 6.61 Å². The molecule has 0 spiro atoms. The molecule has 1 heterocycles. The Morgan fingerprint density at radius 1 is 1.50 bits per heavy atom. The van der Waals surface area contributed by atoms with Gasteiger partial charge in [-0.3, -0.25) is 4.99 Å². The second-order valence-electron chi connectivity index (χ2n) is 5.67. The van der Waals surface area contributed by atoms with Gasteiger partial charge in [0.15, 0.2) is 5.96 Å². The summed E-state index contributed by atoms with van der Waals surface area (Å²) in [4.78, 5) is 7.10. The molecule has 1 unspecified atom stereocenters. The van der Waals surface area contributed by atoms with Crippen molar-refractivity contribution >= 4 is 17.6 Å². The average molecular weight is 324 g/mol. The predicted molar refractivity (Wildman–Crippen MR) is 92.7 cm³/mol. The van der Waals surface area contributed by atoms with Gasteiger partial charge in [0.25, 0.3) is 0 Å². The lowest BCUT2D eigenvalue weighted by Gasteiger charge is -2.21. The molecule has 0 aliphatic carbocycles. The van der Waals surface area contributed by atoms with Gasteiger partial charge in [-0.1, -0.05) is 23.7 Å². The van der Waals surface area contributed by atoms with Gasteiger partial charge in [-0.05, 0) is 37.5 Å². The number of benzene rings is 1. The molecule has 1 aliphatic rings. The average Bonchev–Trinajstić information content (AvgIpc) is 2.95. The lowest BCUT2D eigenvalue weighted by atomic mass is 10.1. The van der Waals surface area contributed by atoms with Crippen molar-refractivity contribution in [3.05, 3.63) is 34.9 Å². The number of ether oxygens (including phenoxy) is 1. The standard InChI is InChI=1S/C17H26ClN3O/c1-3-19-17(21-10-8-15(12-21)13-22-2)20-9-7-14-5-4-6-16(18)11-14/h4-6,11,15H,3,7-10,12-13H2,1-2H3,(H,19,20). The minimum atomic E-state index is 0.613. The number of hydrogen-bond acceptors (Lipinski definition) is 2. The Hall–Kier alpha value is -1.26. The molecule has 1 fully saturated rings. The molecule has 1 aromatic rings. The van der Waals surface area contributed by atoms with Crippen molar-refractivity contribution in [2.24, 2.45) is 10.9 Å². The topological polar surface area (TPSA) is 36.9 Å². The van der Waals surface area contributed by atoms with Crippen molar-refractivity contribution < 1.29 is 4.74 Å². The normalized spacial score (nSPS) is 18.8. The molecule has 1 atom stereocenters. The van der Waals surface area contributed by atoms with Gasteiger partial charge in [-0.15, -0.1) is 0 Å². The van der Waals surface area contributed by atoms with Crippen LogP contribution in [0.4, 0.5) is 0 Å². The van der Waals surface area contributed by atoms with E-state index in [0.717, 1.165) is 50.2 Å². The summed E-state index contributed by atoms with van der Waals surface area (Å²) in [5, 5.41) is 4.18. The molecule has 4 nitrogen and oxygen atoms in total. The molecular weight excluding hydrogens is 298 g/mol. The Balaban J connectivity index is 1.90. The highest BCUT2D eigenvalue weighted by Crippen LogP contribution is 2.16. The van der Waals surface area contributed by atoms with Crippen LogP contribution >= 0.6 is 11.6 Å². The summed E-state index contributed by atoms with van der Waals surface area (Å²) < 4.78 is 5.26. The largest absolute Gasteiger partial charge is 0.384 e. The van der Waals surface area contributed by atoms with Gasteiger partial charge >= 0.3 is 0 Å². The quantitative estimate of drug-likeness (QED) is 0.646. The van der Waals surface area contributed by atoms with Gasteiger partial charge in [0, 0.05) is 44.2 Å². The van der Waals surface area contributed by atoms with E-state index in [1.165, 1.54) is 12.0 Å². The molecule has 0 radical (unpaired) electrons. The summed E-state index contributed by atoms with van der Waals surface area (Å²) in [5.41, 5.74) is 1.23. The summed E-state index contributed by atoms with van der Waals surface area (Å²) in [6.45, 7) is 6.68. The SMILES string of the molecule is CCNC(=NCCc1cccc(Cl)c1)N1CCC(COC)C1. The van der Waals surface area contributed by atoms with Gasteiger partial charge in [0.1, 0.15) is 0 Å². The second kappa shape index (κ2) is 9.01. The molecule has 5 heteroatoms. The van der Waals surface area contributed by atoms with Gasteiger partial charge in [-0.2, -0.15) is 0 Å². The number of likely N-dealkylation sites (tertiary alicyclic amines) is 1. The van der Waals surface area contributed by atoms with E-state index in [-0.39, 0.29) is 0 Å². The number of nitrogens with one attached hydrogen (secondary N) is 1. The Bertz CT molecular complexity index is 493. The Kier molecular flexibility index (Phi) is 7.00. The Morgan fingerprint density at radius 2 is 2.36 bits per heavy atom. The fraction of sp³-hybridized carbons (Fsp3) is 0.588. The number of halogens is 1. The van der Waals surface area contributed by atoms with Crippen LogP contribution in [0, 0.1) is 5.92 Å². The zero-order valence-corrected chi connectivity index (χ0v) is 14.3. The maximum atomic E-state index is 6.02. The van der Waals surface area contributed by atoms with Gasteiger partial charge < -0.3 is 15.0 Å². The number of guanidine groups is 1. The minimum Gasteiger partial charge on any atom is -0.384 e. The van der Waals surface area contributed by atoms with E-state index < -0.39 is 0 Å². The number of methoxy groups -OCH3 is 1. The highest BCUT2D eigenvalue weighted by Gasteiger charge is 2.24. The van der Waals surface area contributed by atoms with Crippen LogP contribution < -0.4 is 5.32 Å². The number of nitrogens with zero attached hydrogens (tertiary/aromatic N) is 2. The van der Waals surface area contributed by atoms with Crippen molar-refractivity contribution in [3.63, 3.8) is 0 Å². The minimum absolute atomic E-state index is 0.613. The third-order valence-electron chi connectivity index (χ3n) is 3.87. The van der Waals surface area contributed by atoms with E-state index in [1.807, 2.05) is 18.2 Å². The first-order valence-electron chi connectivity index (χ1n) is 7.99. The van der Waals surface area contributed by atoms with Crippen LogP contribution in [0.3, 0.4) is 0 Å². The molecule has 122 valence electrons. The van der Waals surface area contributed by atoms with E-state index in [4.69, 9.17) is 21.3 Å². The third-order valence-corrected chi connectivity index (χ3v) is 4.11. The van der Waals surface area contributed by atoms with Crippen molar-refractivity contribution in [3.8, 4) is 0 Å². The summed E-state index contributed by atoms with van der Waals surface area (Å²) in [6, 6.07) is 7.99. The molecule has 1 aromatic carbocycles. The van der Waals surface area contributed by atoms with Crippen LogP contribution in [0.1, 0.15) is 18.9 Å². The Morgan fingerprint density at radius 3 is 3.09 bits per heavy atom.